The Morgan fingerprint density at radius 1 is 1.09 bits per heavy atom. The second-order valence-corrected chi connectivity index (χ2v) is 7.69. The molecule has 9 heteroatoms. The van der Waals surface area contributed by atoms with Gasteiger partial charge in [0.05, 0.1) is 16.9 Å². The number of rotatable bonds is 2. The van der Waals surface area contributed by atoms with E-state index >= 15 is 0 Å². The van der Waals surface area contributed by atoms with Crippen molar-refractivity contribution in [2.24, 2.45) is 0 Å². The Balaban J connectivity index is 1.73. The summed E-state index contributed by atoms with van der Waals surface area (Å²) in [7, 11) is 1.92. The van der Waals surface area contributed by atoms with E-state index in [0.717, 1.165) is 30.8 Å². The molecule has 0 fully saturated rings. The van der Waals surface area contributed by atoms with Crippen molar-refractivity contribution in [1.29, 1.82) is 0 Å². The lowest BCUT2D eigenvalue weighted by Gasteiger charge is -2.28. The zero-order chi connectivity index (χ0) is 22.9. The number of halogens is 3. The largest absolute Gasteiger partial charge is 0.416 e. The third-order valence-corrected chi connectivity index (χ3v) is 5.44. The van der Waals surface area contributed by atoms with Gasteiger partial charge in [0.15, 0.2) is 5.82 Å². The summed E-state index contributed by atoms with van der Waals surface area (Å²) in [5.74, 6) is 0.867. The summed E-state index contributed by atoms with van der Waals surface area (Å²) < 4.78 is 38.8. The fourth-order valence-corrected chi connectivity index (χ4v) is 3.65. The van der Waals surface area contributed by atoms with Crippen molar-refractivity contribution in [1.82, 2.24) is 9.97 Å². The van der Waals surface area contributed by atoms with Crippen LogP contribution < -0.4 is 15.1 Å². The van der Waals surface area contributed by atoms with Gasteiger partial charge in [-0.1, -0.05) is 18.2 Å². The lowest BCUT2D eigenvalue weighted by molar-refractivity contribution is -0.137. The van der Waals surface area contributed by atoms with E-state index < -0.39 is 11.7 Å². The molecule has 32 heavy (non-hydrogen) atoms. The predicted molar refractivity (Wildman–Crippen MR) is 118 cm³/mol. The molecular formula is C23H22F3N5O. The van der Waals surface area contributed by atoms with Gasteiger partial charge in [0.1, 0.15) is 5.82 Å². The molecule has 0 unspecified atom stereocenters. The summed E-state index contributed by atoms with van der Waals surface area (Å²) in [5, 5.41) is 2.80. The highest BCUT2D eigenvalue weighted by atomic mass is 19.4. The van der Waals surface area contributed by atoms with Crippen molar-refractivity contribution in [2.75, 3.05) is 28.7 Å². The average molecular weight is 441 g/mol. The third-order valence-electron chi connectivity index (χ3n) is 5.44. The molecule has 6 nitrogen and oxygen atoms in total. The molecule has 2 aromatic heterocycles. The van der Waals surface area contributed by atoms with Crippen LogP contribution in [0.5, 0.6) is 0 Å². The molecular weight excluding hydrogens is 419 g/mol. The Morgan fingerprint density at radius 3 is 2.50 bits per heavy atom. The quantitative estimate of drug-likeness (QED) is 0.576. The van der Waals surface area contributed by atoms with Gasteiger partial charge in [-0.05, 0) is 49.7 Å². The van der Waals surface area contributed by atoms with E-state index in [-0.39, 0.29) is 12.1 Å². The Labute approximate surface area is 183 Å². The van der Waals surface area contributed by atoms with Gasteiger partial charge in [0.2, 0.25) is 0 Å². The highest BCUT2D eigenvalue weighted by Gasteiger charge is 2.32. The van der Waals surface area contributed by atoms with Gasteiger partial charge in [-0.2, -0.15) is 13.2 Å². The van der Waals surface area contributed by atoms with Crippen LogP contribution >= 0.6 is 0 Å². The van der Waals surface area contributed by atoms with Gasteiger partial charge in [-0.25, -0.2) is 14.8 Å². The normalized spacial score (nSPS) is 16.3. The van der Waals surface area contributed by atoms with Crippen LogP contribution in [0.25, 0.3) is 11.3 Å². The van der Waals surface area contributed by atoms with Crippen molar-refractivity contribution < 1.29 is 18.0 Å². The molecule has 1 aromatic carbocycles. The van der Waals surface area contributed by atoms with E-state index in [1.807, 2.05) is 24.9 Å². The number of benzene rings is 1. The number of hydrogen-bond acceptors (Lipinski definition) is 4. The molecule has 2 amide bonds. The molecule has 166 valence electrons. The Bertz CT molecular complexity index is 1100. The number of nitrogens with one attached hydrogen (secondary N) is 1. The van der Waals surface area contributed by atoms with Gasteiger partial charge in [0.25, 0.3) is 0 Å². The summed E-state index contributed by atoms with van der Waals surface area (Å²) >= 11 is 0. The highest BCUT2D eigenvalue weighted by molar-refractivity contribution is 6.03. The molecule has 1 N–H and O–H groups in total. The molecule has 0 aliphatic carbocycles. The van der Waals surface area contributed by atoms with E-state index in [1.54, 1.807) is 35.4 Å². The van der Waals surface area contributed by atoms with Crippen LogP contribution in [-0.4, -0.2) is 35.6 Å². The minimum atomic E-state index is -4.40. The van der Waals surface area contributed by atoms with Crippen LogP contribution in [0.3, 0.4) is 0 Å². The van der Waals surface area contributed by atoms with E-state index in [4.69, 9.17) is 4.98 Å². The number of alkyl halides is 3. The summed E-state index contributed by atoms with van der Waals surface area (Å²) in [6.07, 6.45) is -2.10. The molecule has 3 heterocycles. The third kappa shape index (κ3) is 4.37. The van der Waals surface area contributed by atoms with Crippen LogP contribution in [0.2, 0.25) is 0 Å². The van der Waals surface area contributed by atoms with Gasteiger partial charge in [0, 0.05) is 31.4 Å². The van der Waals surface area contributed by atoms with Crippen molar-refractivity contribution in [2.45, 2.75) is 25.6 Å². The van der Waals surface area contributed by atoms with Crippen LogP contribution in [0, 0.1) is 0 Å². The molecule has 1 atom stereocenters. The van der Waals surface area contributed by atoms with Crippen LogP contribution in [-0.2, 0) is 6.18 Å². The smallest absolute Gasteiger partial charge is 0.372 e. The number of pyridine rings is 2. The molecule has 0 saturated heterocycles. The summed E-state index contributed by atoms with van der Waals surface area (Å²) in [6, 6.07) is 13.1. The number of urea groups is 1. The number of amides is 2. The minimum Gasteiger partial charge on any atom is -0.372 e. The topological polar surface area (TPSA) is 61.4 Å². The predicted octanol–water partition coefficient (Wildman–Crippen LogP) is 5.43. The van der Waals surface area contributed by atoms with Crippen molar-refractivity contribution in [3.05, 3.63) is 66.4 Å². The fourth-order valence-electron chi connectivity index (χ4n) is 3.65. The monoisotopic (exact) mass is 441 g/mol. The SMILES string of the molecule is C[C@@H]1CCN(C)c2ccc(-c3ccc(C(F)(F)F)cc3)nc2N1C(=O)Nc1ccccn1. The molecule has 0 bridgehead atoms. The van der Waals surface area contributed by atoms with E-state index in [2.05, 4.69) is 10.3 Å². The molecule has 1 aliphatic rings. The maximum Gasteiger partial charge on any atom is 0.416 e. The van der Waals surface area contributed by atoms with Crippen LogP contribution in [0.4, 0.5) is 35.3 Å². The lowest BCUT2D eigenvalue weighted by atomic mass is 10.1. The van der Waals surface area contributed by atoms with Crippen molar-refractivity contribution in [3.63, 3.8) is 0 Å². The lowest BCUT2D eigenvalue weighted by Crippen LogP contribution is -2.42. The molecule has 0 radical (unpaired) electrons. The number of fused-ring (bicyclic) bond motifs is 1. The summed E-state index contributed by atoms with van der Waals surface area (Å²) in [5.41, 5.74) is 1.06. The zero-order valence-electron chi connectivity index (χ0n) is 17.6. The average Bonchev–Trinajstić information content (AvgIpc) is 2.89. The van der Waals surface area contributed by atoms with Crippen LogP contribution in [0.1, 0.15) is 18.9 Å². The number of aromatic nitrogens is 2. The number of carbonyl (C=O) groups is 1. The molecule has 0 saturated carbocycles. The first-order chi connectivity index (χ1) is 15.2. The number of hydrogen-bond donors (Lipinski definition) is 1. The summed E-state index contributed by atoms with van der Waals surface area (Å²) in [4.78, 5) is 25.6. The van der Waals surface area contributed by atoms with E-state index in [9.17, 15) is 18.0 Å². The van der Waals surface area contributed by atoms with Gasteiger partial charge < -0.3 is 4.90 Å². The Hall–Kier alpha value is -3.62. The van der Waals surface area contributed by atoms with E-state index in [1.165, 1.54) is 12.1 Å². The van der Waals surface area contributed by atoms with Gasteiger partial charge in [-0.15, -0.1) is 0 Å². The molecule has 1 aliphatic heterocycles. The number of carbonyl (C=O) groups excluding carboxylic acids is 1. The number of nitrogens with zero attached hydrogens (tertiary/aromatic N) is 4. The first kappa shape index (κ1) is 21.6. The summed E-state index contributed by atoms with van der Waals surface area (Å²) in [6.45, 7) is 2.66. The standard InChI is InChI=1S/C23H22F3N5O/c1-15-12-14-30(2)19-11-10-18(16-6-8-17(9-7-16)23(24,25)26)28-21(19)31(15)22(32)29-20-5-3-4-13-27-20/h3-11,13,15H,12,14H2,1-2H3,(H,27,29,32)/t15-/m1/s1. The van der Waals surface area contributed by atoms with E-state index in [0.29, 0.717) is 22.9 Å². The zero-order valence-corrected chi connectivity index (χ0v) is 17.6. The van der Waals surface area contributed by atoms with Gasteiger partial charge in [-0.3, -0.25) is 10.2 Å². The van der Waals surface area contributed by atoms with Crippen molar-refractivity contribution in [3.8, 4) is 11.3 Å². The van der Waals surface area contributed by atoms with Crippen LogP contribution in [0.15, 0.2) is 60.8 Å². The minimum absolute atomic E-state index is 0.155. The maximum absolute atomic E-state index is 13.2. The highest BCUT2D eigenvalue weighted by Crippen LogP contribution is 2.36. The fraction of sp³-hybridized carbons (Fsp3) is 0.261. The van der Waals surface area contributed by atoms with Gasteiger partial charge >= 0.3 is 12.2 Å². The first-order valence-corrected chi connectivity index (χ1v) is 10.1. The molecule has 3 aromatic rings. The molecule has 0 spiro atoms. The maximum atomic E-state index is 13.2. The second kappa shape index (κ2) is 8.49. The number of anilines is 3. The second-order valence-electron chi connectivity index (χ2n) is 7.69. The van der Waals surface area contributed by atoms with Crippen molar-refractivity contribution >= 4 is 23.4 Å². The first-order valence-electron chi connectivity index (χ1n) is 10.1. The molecule has 4 rings (SSSR count). The Kier molecular flexibility index (Phi) is 5.73. The Morgan fingerprint density at radius 2 is 1.84 bits per heavy atom.